The fraction of sp³-hybridized carbons (Fsp3) is 0.659. The summed E-state index contributed by atoms with van der Waals surface area (Å²) in [5.41, 5.74) is 4.27. The van der Waals surface area contributed by atoms with Gasteiger partial charge in [-0.1, -0.05) is 50.2 Å². The summed E-state index contributed by atoms with van der Waals surface area (Å²) in [7, 11) is -5.30. The number of nitrogens with zero attached hydrogens (tertiary/aromatic N) is 2. The molecular weight excluding hydrogens is 729 g/mol. The van der Waals surface area contributed by atoms with Crippen LogP contribution in [-0.4, -0.2) is 86.3 Å². The number of aryl methyl sites for hydroxylation is 2. The molecule has 0 radical (unpaired) electrons. The number of carbonyl (C=O) groups is 2. The van der Waals surface area contributed by atoms with Gasteiger partial charge in [-0.05, 0) is 134 Å². The van der Waals surface area contributed by atoms with Gasteiger partial charge in [-0.25, -0.2) is 16.8 Å². The third kappa shape index (κ3) is 12.0. The van der Waals surface area contributed by atoms with Crippen molar-refractivity contribution in [2.24, 2.45) is 0 Å². The molecule has 2 aromatic carbocycles. The average molecular weight is 793 g/mol. The Bertz CT molecular complexity index is 1760. The van der Waals surface area contributed by atoms with Crippen LogP contribution in [0.4, 0.5) is 0 Å². The smallest absolute Gasteiger partial charge is 0.325 e. The quantitative estimate of drug-likeness (QED) is 0.179. The predicted molar refractivity (Wildman–Crippen MR) is 213 cm³/mol. The molecule has 0 saturated carbocycles. The third-order valence-corrected chi connectivity index (χ3v) is 14.6. The highest BCUT2D eigenvalue weighted by atomic mass is 32.2. The maximum absolute atomic E-state index is 13.5. The molecule has 0 spiro atoms. The first kappa shape index (κ1) is 45.4. The van der Waals surface area contributed by atoms with Crippen molar-refractivity contribution >= 4 is 32.0 Å². The van der Waals surface area contributed by atoms with E-state index in [2.05, 4.69) is 32.0 Å². The molecule has 3 unspecified atom stereocenters. The Kier molecular flexibility index (Phi) is 17.0. The molecule has 0 aliphatic carbocycles. The van der Waals surface area contributed by atoms with Gasteiger partial charge in [-0.2, -0.15) is 8.61 Å². The normalized spacial score (nSPS) is 19.4. The molecule has 2 heterocycles. The number of sulfonamides is 2. The standard InChI is InChI=1S/C29H41NO5S.C12H23NO4S/c1-20(2)24-10-9-11-25(19-24)27(16-15-23-14-13-22(5)28(18-23)34-6)35-29(31)26-12-7-8-17-30(26)36(32,33)21(3)4;1-9(2)17-12(14)11-7-5-6-8-13(11)18(15,16)10(3)4/h9-11,13-14,18-21,26-27H,7-8,12,15-17H2,1-6H3;9-11H,5-8H2,1-4H3. The lowest BCUT2D eigenvalue weighted by molar-refractivity contribution is -0.155. The number of hydrogen-bond acceptors (Lipinski definition) is 9. The Morgan fingerprint density at radius 1 is 0.722 bits per heavy atom. The number of benzene rings is 2. The molecule has 2 aliphatic rings. The first-order valence-electron chi connectivity index (χ1n) is 19.5. The van der Waals surface area contributed by atoms with Crippen molar-refractivity contribution in [3.63, 3.8) is 0 Å². The molecule has 0 aromatic heterocycles. The number of methoxy groups -OCH3 is 1. The summed E-state index contributed by atoms with van der Waals surface area (Å²) in [6.45, 7) is 17.2. The van der Waals surface area contributed by atoms with Crippen LogP contribution in [0.15, 0.2) is 42.5 Å². The molecule has 0 N–H and O–H groups in total. The first-order chi connectivity index (χ1) is 25.3. The van der Waals surface area contributed by atoms with Crippen LogP contribution in [-0.2, 0) is 45.5 Å². The van der Waals surface area contributed by atoms with E-state index < -0.39 is 60.7 Å². The van der Waals surface area contributed by atoms with Gasteiger partial charge in [0.05, 0.1) is 23.7 Å². The number of hydrogen-bond donors (Lipinski definition) is 0. The highest BCUT2D eigenvalue weighted by Crippen LogP contribution is 2.31. The highest BCUT2D eigenvalue weighted by Gasteiger charge is 2.41. The van der Waals surface area contributed by atoms with Gasteiger partial charge >= 0.3 is 11.9 Å². The molecule has 0 amide bonds. The molecule has 2 fully saturated rings. The lowest BCUT2D eigenvalue weighted by Gasteiger charge is -2.35. The lowest BCUT2D eigenvalue weighted by Crippen LogP contribution is -2.51. The minimum absolute atomic E-state index is 0.219. The van der Waals surface area contributed by atoms with Crippen LogP contribution in [0.2, 0.25) is 0 Å². The van der Waals surface area contributed by atoms with Crippen molar-refractivity contribution < 1.29 is 40.6 Å². The Morgan fingerprint density at radius 2 is 1.24 bits per heavy atom. The maximum atomic E-state index is 13.5. The van der Waals surface area contributed by atoms with Gasteiger partial charge in [0.1, 0.15) is 23.9 Å². The van der Waals surface area contributed by atoms with Crippen LogP contribution < -0.4 is 4.74 Å². The first-order valence-corrected chi connectivity index (χ1v) is 22.5. The fourth-order valence-electron chi connectivity index (χ4n) is 6.69. The fourth-order valence-corrected chi connectivity index (χ4v) is 9.63. The van der Waals surface area contributed by atoms with E-state index in [1.807, 2.05) is 31.2 Å². The molecule has 11 nitrogen and oxygen atoms in total. The van der Waals surface area contributed by atoms with Crippen LogP contribution in [0.3, 0.4) is 0 Å². The van der Waals surface area contributed by atoms with Crippen molar-refractivity contribution in [1.29, 1.82) is 0 Å². The topological polar surface area (TPSA) is 137 Å². The second-order valence-electron chi connectivity index (χ2n) is 15.5. The number of esters is 2. The summed E-state index contributed by atoms with van der Waals surface area (Å²) in [5.74, 6) is 0.293. The van der Waals surface area contributed by atoms with E-state index in [4.69, 9.17) is 14.2 Å². The molecule has 0 bridgehead atoms. The summed E-state index contributed by atoms with van der Waals surface area (Å²) in [5, 5.41) is -1.09. The monoisotopic (exact) mass is 792 g/mol. The van der Waals surface area contributed by atoms with Gasteiger partial charge < -0.3 is 14.2 Å². The minimum Gasteiger partial charge on any atom is -0.496 e. The molecule has 3 atom stereocenters. The van der Waals surface area contributed by atoms with E-state index in [1.165, 1.54) is 14.2 Å². The van der Waals surface area contributed by atoms with Gasteiger partial charge in [-0.15, -0.1) is 0 Å². The second-order valence-corrected chi connectivity index (χ2v) is 20.4. The molecule has 4 rings (SSSR count). The maximum Gasteiger partial charge on any atom is 0.325 e. The van der Waals surface area contributed by atoms with Gasteiger partial charge in [-0.3, -0.25) is 9.59 Å². The number of carbonyl (C=O) groups excluding carboxylic acids is 2. The summed E-state index contributed by atoms with van der Waals surface area (Å²) in [4.78, 5) is 25.4. The number of piperidine rings is 2. The van der Waals surface area contributed by atoms with Gasteiger partial charge in [0, 0.05) is 13.1 Å². The van der Waals surface area contributed by atoms with E-state index in [0.717, 1.165) is 48.1 Å². The Morgan fingerprint density at radius 3 is 1.72 bits per heavy atom. The third-order valence-electron chi connectivity index (χ3n) is 10.0. The second kappa shape index (κ2) is 20.2. The van der Waals surface area contributed by atoms with Crippen molar-refractivity contribution in [1.82, 2.24) is 8.61 Å². The Hall–Kier alpha value is -3.00. The zero-order valence-electron chi connectivity index (χ0n) is 34.0. The zero-order valence-corrected chi connectivity index (χ0v) is 35.7. The minimum atomic E-state index is -3.56. The highest BCUT2D eigenvalue weighted by molar-refractivity contribution is 7.90. The zero-order chi connectivity index (χ0) is 40.4. The lowest BCUT2D eigenvalue weighted by atomic mass is 9.95. The van der Waals surface area contributed by atoms with Crippen LogP contribution in [0.1, 0.15) is 135 Å². The number of ether oxygens (including phenoxy) is 3. The van der Waals surface area contributed by atoms with Gasteiger partial charge in [0.15, 0.2) is 0 Å². The van der Waals surface area contributed by atoms with E-state index in [0.29, 0.717) is 44.7 Å². The number of rotatable bonds is 14. The van der Waals surface area contributed by atoms with E-state index in [-0.39, 0.29) is 6.10 Å². The van der Waals surface area contributed by atoms with Crippen LogP contribution in [0.5, 0.6) is 5.75 Å². The average Bonchev–Trinajstić information content (AvgIpc) is 3.13. The molecule has 304 valence electrons. The summed E-state index contributed by atoms with van der Waals surface area (Å²) in [6, 6.07) is 12.9. The van der Waals surface area contributed by atoms with Gasteiger partial charge in [0.25, 0.3) is 0 Å². The molecular formula is C41H64N2O9S2. The molecule has 13 heteroatoms. The predicted octanol–water partition coefficient (Wildman–Crippen LogP) is 7.47. The van der Waals surface area contributed by atoms with Crippen LogP contribution in [0, 0.1) is 6.92 Å². The van der Waals surface area contributed by atoms with Crippen molar-refractivity contribution in [3.8, 4) is 5.75 Å². The van der Waals surface area contributed by atoms with E-state index >= 15 is 0 Å². The van der Waals surface area contributed by atoms with Gasteiger partial charge in [0.2, 0.25) is 20.0 Å². The SMILES string of the molecule is CC(C)OC(=O)C1CCCCN1S(=O)(=O)C(C)C.COc1cc(CCC(OC(=O)C2CCCCN2S(=O)(=O)C(C)C)c2cccc(C(C)C)c2)ccc1C. The molecule has 2 aliphatic heterocycles. The Balaban J connectivity index is 0.000000366. The molecule has 2 aromatic rings. The van der Waals surface area contributed by atoms with Crippen LogP contribution >= 0.6 is 0 Å². The molecule has 2 saturated heterocycles. The van der Waals surface area contributed by atoms with Crippen molar-refractivity contribution in [2.75, 3.05) is 20.2 Å². The van der Waals surface area contributed by atoms with Crippen molar-refractivity contribution in [2.45, 2.75) is 154 Å². The van der Waals surface area contributed by atoms with E-state index in [1.54, 1.807) is 48.7 Å². The van der Waals surface area contributed by atoms with Crippen molar-refractivity contribution in [3.05, 3.63) is 64.7 Å². The molecule has 54 heavy (non-hydrogen) atoms. The largest absolute Gasteiger partial charge is 0.496 e. The van der Waals surface area contributed by atoms with Crippen LogP contribution in [0.25, 0.3) is 0 Å². The summed E-state index contributed by atoms with van der Waals surface area (Å²) < 4.78 is 69.8. The summed E-state index contributed by atoms with van der Waals surface area (Å²) >= 11 is 0. The summed E-state index contributed by atoms with van der Waals surface area (Å²) in [6.07, 6.45) is 4.85. The Labute approximate surface area is 325 Å². The van der Waals surface area contributed by atoms with E-state index in [9.17, 15) is 26.4 Å².